The van der Waals surface area contributed by atoms with Gasteiger partial charge in [-0.2, -0.15) is 12.6 Å². The fourth-order valence-electron chi connectivity index (χ4n) is 2.50. The van der Waals surface area contributed by atoms with E-state index in [0.29, 0.717) is 13.0 Å². The summed E-state index contributed by atoms with van der Waals surface area (Å²) in [5, 5.41) is 11.7. The number of carbonyl (C=O) groups is 2. The third-order valence-electron chi connectivity index (χ3n) is 3.83. The van der Waals surface area contributed by atoms with Gasteiger partial charge in [0.05, 0.1) is 6.42 Å². The van der Waals surface area contributed by atoms with Crippen LogP contribution < -0.4 is 5.32 Å². The summed E-state index contributed by atoms with van der Waals surface area (Å²) in [5.41, 5.74) is 0. The summed E-state index contributed by atoms with van der Waals surface area (Å²) < 4.78 is 0. The van der Waals surface area contributed by atoms with Gasteiger partial charge in [0.1, 0.15) is 0 Å². The van der Waals surface area contributed by atoms with Gasteiger partial charge < -0.3 is 10.4 Å². The first-order valence-electron chi connectivity index (χ1n) is 8.72. The number of carbonyl (C=O) groups excluding carboxylic acids is 1. The zero-order valence-electron chi connectivity index (χ0n) is 14.0. The van der Waals surface area contributed by atoms with Crippen LogP contribution in [0.25, 0.3) is 0 Å². The fourth-order valence-corrected chi connectivity index (χ4v) is 2.65. The Morgan fingerprint density at radius 3 is 2.14 bits per heavy atom. The van der Waals surface area contributed by atoms with Crippen molar-refractivity contribution in [1.29, 1.82) is 0 Å². The van der Waals surface area contributed by atoms with Crippen molar-refractivity contribution in [3.8, 4) is 0 Å². The SMILES string of the molecule is CCCCCCCCCCC(CC(=O)O)C(=O)NCCCS. The van der Waals surface area contributed by atoms with Crippen LogP contribution in [0.4, 0.5) is 0 Å². The molecule has 5 heteroatoms. The first-order chi connectivity index (χ1) is 10.6. The van der Waals surface area contributed by atoms with Gasteiger partial charge in [0.2, 0.25) is 5.91 Å². The molecule has 0 aliphatic heterocycles. The predicted molar refractivity (Wildman–Crippen MR) is 94.4 cm³/mol. The van der Waals surface area contributed by atoms with Crippen molar-refractivity contribution in [3.63, 3.8) is 0 Å². The molecule has 0 saturated carbocycles. The minimum absolute atomic E-state index is 0.0663. The Labute approximate surface area is 140 Å². The minimum atomic E-state index is -0.895. The van der Waals surface area contributed by atoms with Gasteiger partial charge in [0.15, 0.2) is 0 Å². The largest absolute Gasteiger partial charge is 0.481 e. The van der Waals surface area contributed by atoms with Crippen molar-refractivity contribution in [2.75, 3.05) is 12.3 Å². The third kappa shape index (κ3) is 13.0. The van der Waals surface area contributed by atoms with E-state index in [0.717, 1.165) is 25.0 Å². The molecule has 1 atom stereocenters. The van der Waals surface area contributed by atoms with E-state index in [2.05, 4.69) is 24.9 Å². The molecular formula is C17H33NO3S. The Morgan fingerprint density at radius 2 is 1.59 bits per heavy atom. The van der Waals surface area contributed by atoms with E-state index >= 15 is 0 Å². The maximum atomic E-state index is 12.0. The van der Waals surface area contributed by atoms with E-state index in [-0.39, 0.29) is 12.3 Å². The van der Waals surface area contributed by atoms with Gasteiger partial charge in [-0.25, -0.2) is 0 Å². The fraction of sp³-hybridized carbons (Fsp3) is 0.882. The standard InChI is InChI=1S/C17H33NO3S/c1-2-3-4-5-6-7-8-9-11-15(14-16(19)20)17(21)18-12-10-13-22/h15,22H,2-14H2,1H3,(H,18,21)(H,19,20). The smallest absolute Gasteiger partial charge is 0.304 e. The third-order valence-corrected chi connectivity index (χ3v) is 4.15. The monoisotopic (exact) mass is 331 g/mol. The first-order valence-corrected chi connectivity index (χ1v) is 9.35. The molecule has 0 bridgehead atoms. The van der Waals surface area contributed by atoms with Gasteiger partial charge >= 0.3 is 5.97 Å². The summed E-state index contributed by atoms with van der Waals surface area (Å²) in [6.45, 7) is 2.79. The zero-order chi connectivity index (χ0) is 16.6. The van der Waals surface area contributed by atoms with Gasteiger partial charge in [-0.15, -0.1) is 0 Å². The highest BCUT2D eigenvalue weighted by Gasteiger charge is 2.20. The average Bonchev–Trinajstić information content (AvgIpc) is 2.48. The molecular weight excluding hydrogens is 298 g/mol. The summed E-state index contributed by atoms with van der Waals surface area (Å²) >= 11 is 4.10. The summed E-state index contributed by atoms with van der Waals surface area (Å²) in [7, 11) is 0. The molecule has 4 nitrogen and oxygen atoms in total. The second-order valence-electron chi connectivity index (χ2n) is 5.93. The van der Waals surface area contributed by atoms with Crippen molar-refractivity contribution < 1.29 is 14.7 Å². The Morgan fingerprint density at radius 1 is 1.00 bits per heavy atom. The lowest BCUT2D eigenvalue weighted by Crippen LogP contribution is -2.33. The number of nitrogens with one attached hydrogen (secondary N) is 1. The number of unbranched alkanes of at least 4 members (excludes halogenated alkanes) is 7. The highest BCUT2D eigenvalue weighted by atomic mass is 32.1. The second kappa shape index (κ2) is 15.2. The molecule has 1 unspecified atom stereocenters. The predicted octanol–water partition coefficient (Wildman–Crippen LogP) is 4.04. The number of hydrogen-bond acceptors (Lipinski definition) is 3. The number of rotatable bonds is 15. The Hall–Kier alpha value is -0.710. The molecule has 1 amide bonds. The van der Waals surface area contributed by atoms with Crippen molar-refractivity contribution in [1.82, 2.24) is 5.32 Å². The van der Waals surface area contributed by atoms with Crippen molar-refractivity contribution >= 4 is 24.5 Å². The zero-order valence-corrected chi connectivity index (χ0v) is 14.9. The molecule has 130 valence electrons. The molecule has 0 fully saturated rings. The van der Waals surface area contributed by atoms with Gasteiger partial charge in [-0.1, -0.05) is 58.3 Å². The lowest BCUT2D eigenvalue weighted by atomic mass is 9.96. The number of carboxylic acids is 1. The van der Waals surface area contributed by atoms with Crippen LogP contribution in [0.1, 0.15) is 77.6 Å². The van der Waals surface area contributed by atoms with Gasteiger partial charge in [0.25, 0.3) is 0 Å². The summed E-state index contributed by atoms with van der Waals surface area (Å²) in [6.07, 6.45) is 11.1. The Balaban J connectivity index is 3.84. The van der Waals surface area contributed by atoms with Crippen LogP contribution in [0.5, 0.6) is 0 Å². The molecule has 0 aromatic heterocycles. The normalized spacial score (nSPS) is 12.1. The number of thiol groups is 1. The maximum absolute atomic E-state index is 12.0. The second-order valence-corrected chi connectivity index (χ2v) is 6.37. The molecule has 0 rings (SSSR count). The highest BCUT2D eigenvalue weighted by molar-refractivity contribution is 7.80. The van der Waals surface area contributed by atoms with Crippen LogP contribution in [-0.4, -0.2) is 29.3 Å². The van der Waals surface area contributed by atoms with Gasteiger partial charge in [0, 0.05) is 12.5 Å². The number of hydrogen-bond donors (Lipinski definition) is 3. The lowest BCUT2D eigenvalue weighted by molar-refractivity contribution is -0.141. The molecule has 0 aromatic carbocycles. The van der Waals surface area contributed by atoms with E-state index in [1.54, 1.807) is 0 Å². The topological polar surface area (TPSA) is 66.4 Å². The van der Waals surface area contributed by atoms with Crippen molar-refractivity contribution in [2.45, 2.75) is 77.6 Å². The molecule has 0 heterocycles. The van der Waals surface area contributed by atoms with Gasteiger partial charge in [-0.3, -0.25) is 9.59 Å². The van der Waals surface area contributed by atoms with Crippen LogP contribution in [0.3, 0.4) is 0 Å². The number of carboxylic acid groups (broad SMARTS) is 1. The van der Waals surface area contributed by atoms with Crippen molar-refractivity contribution in [2.24, 2.45) is 5.92 Å². The Kier molecular flexibility index (Phi) is 14.7. The summed E-state index contributed by atoms with van der Waals surface area (Å²) in [4.78, 5) is 22.9. The maximum Gasteiger partial charge on any atom is 0.304 e. The molecule has 0 radical (unpaired) electrons. The van der Waals surface area contributed by atoms with Crippen molar-refractivity contribution in [3.05, 3.63) is 0 Å². The molecule has 0 aliphatic rings. The van der Waals surface area contributed by atoms with Crippen LogP contribution in [0, 0.1) is 5.92 Å². The molecule has 0 saturated heterocycles. The molecule has 0 spiro atoms. The minimum Gasteiger partial charge on any atom is -0.481 e. The van der Waals surface area contributed by atoms with E-state index in [9.17, 15) is 9.59 Å². The average molecular weight is 332 g/mol. The van der Waals surface area contributed by atoms with E-state index in [1.807, 2.05) is 0 Å². The van der Waals surface area contributed by atoms with Crippen LogP contribution >= 0.6 is 12.6 Å². The Bertz CT molecular complexity index is 298. The molecule has 0 aromatic rings. The molecule has 22 heavy (non-hydrogen) atoms. The van der Waals surface area contributed by atoms with Crippen LogP contribution in [0.15, 0.2) is 0 Å². The lowest BCUT2D eigenvalue weighted by Gasteiger charge is -2.14. The van der Waals surface area contributed by atoms with Crippen LogP contribution in [-0.2, 0) is 9.59 Å². The van der Waals surface area contributed by atoms with Gasteiger partial charge in [-0.05, 0) is 18.6 Å². The molecule has 2 N–H and O–H groups in total. The number of amides is 1. The number of aliphatic carboxylic acids is 1. The first kappa shape index (κ1) is 21.3. The summed E-state index contributed by atoms with van der Waals surface area (Å²) in [5.74, 6) is -0.680. The van der Waals surface area contributed by atoms with E-state index < -0.39 is 11.9 Å². The van der Waals surface area contributed by atoms with E-state index in [4.69, 9.17) is 5.11 Å². The quantitative estimate of drug-likeness (QED) is 0.313. The molecule has 0 aliphatic carbocycles. The van der Waals surface area contributed by atoms with E-state index in [1.165, 1.54) is 38.5 Å². The van der Waals surface area contributed by atoms with Crippen LogP contribution in [0.2, 0.25) is 0 Å². The highest BCUT2D eigenvalue weighted by Crippen LogP contribution is 2.16. The summed E-state index contributed by atoms with van der Waals surface area (Å²) in [6, 6.07) is 0.